The topological polar surface area (TPSA) is 45.6 Å². The largest absolute Gasteiger partial charge is 0.416 e. The molecule has 0 saturated carbocycles. The lowest BCUT2D eigenvalue weighted by atomic mass is 10.1. The van der Waals surface area contributed by atoms with Crippen molar-refractivity contribution in [3.05, 3.63) is 94.8 Å². The fourth-order valence-electron chi connectivity index (χ4n) is 4.10. The Labute approximate surface area is 216 Å². The molecule has 1 heterocycles. The first-order valence-corrected chi connectivity index (χ1v) is 12.6. The standard InChI is InChI=1S/C29H34F3N3O2/c1-4-6-16-35(27(36)21-33(5-2)28(37)24-14-12-22(3)13-15-24)20-26-11-8-17-34(26)19-23-9-7-10-25(18-23)29(30,31)32/h7-15,17-18H,4-6,16,19-21H2,1-3H3. The molecule has 2 amide bonds. The Morgan fingerprint density at radius 3 is 2.32 bits per heavy atom. The number of likely N-dealkylation sites (N-methyl/N-ethyl adjacent to an activating group) is 1. The van der Waals surface area contributed by atoms with Crippen LogP contribution in [0.1, 0.15) is 59.4 Å². The highest BCUT2D eigenvalue weighted by Crippen LogP contribution is 2.29. The number of carbonyl (C=O) groups is 2. The molecule has 8 heteroatoms. The summed E-state index contributed by atoms with van der Waals surface area (Å²) in [5, 5.41) is 0. The van der Waals surface area contributed by atoms with Gasteiger partial charge < -0.3 is 14.4 Å². The normalized spacial score (nSPS) is 11.4. The molecule has 0 bridgehead atoms. The average Bonchev–Trinajstić information content (AvgIpc) is 3.30. The Morgan fingerprint density at radius 2 is 1.68 bits per heavy atom. The number of aromatic nitrogens is 1. The fourth-order valence-corrected chi connectivity index (χ4v) is 4.10. The molecule has 0 unspecified atom stereocenters. The zero-order valence-corrected chi connectivity index (χ0v) is 21.6. The third kappa shape index (κ3) is 7.71. The number of hydrogen-bond acceptors (Lipinski definition) is 2. The van der Waals surface area contributed by atoms with E-state index in [1.807, 2.05) is 49.6 Å². The number of benzene rings is 2. The van der Waals surface area contributed by atoms with Crippen LogP contribution in [0.3, 0.4) is 0 Å². The van der Waals surface area contributed by atoms with Crippen LogP contribution >= 0.6 is 0 Å². The van der Waals surface area contributed by atoms with E-state index in [1.54, 1.807) is 29.3 Å². The molecule has 2 aromatic carbocycles. The Hall–Kier alpha value is -3.55. The van der Waals surface area contributed by atoms with Crippen LogP contribution in [0.4, 0.5) is 13.2 Å². The average molecular weight is 514 g/mol. The zero-order valence-electron chi connectivity index (χ0n) is 21.6. The zero-order chi connectivity index (χ0) is 27.0. The lowest BCUT2D eigenvalue weighted by molar-refractivity contribution is -0.137. The van der Waals surface area contributed by atoms with E-state index in [4.69, 9.17) is 0 Å². The number of nitrogens with zero attached hydrogens (tertiary/aromatic N) is 3. The molecular formula is C29H34F3N3O2. The molecule has 0 aliphatic heterocycles. The van der Waals surface area contributed by atoms with E-state index < -0.39 is 11.7 Å². The number of amides is 2. The number of aryl methyl sites for hydroxylation is 1. The Balaban J connectivity index is 1.74. The first-order valence-electron chi connectivity index (χ1n) is 12.6. The number of unbranched alkanes of at least 4 members (excludes halogenated alkanes) is 1. The number of rotatable bonds is 11. The highest BCUT2D eigenvalue weighted by Gasteiger charge is 2.30. The maximum atomic E-state index is 13.4. The van der Waals surface area contributed by atoms with Crippen molar-refractivity contribution >= 4 is 11.8 Å². The second-order valence-electron chi connectivity index (χ2n) is 9.18. The van der Waals surface area contributed by atoms with E-state index in [-0.39, 0.29) is 24.9 Å². The lowest BCUT2D eigenvalue weighted by Gasteiger charge is -2.27. The summed E-state index contributed by atoms with van der Waals surface area (Å²) in [5.74, 6) is -0.359. The van der Waals surface area contributed by atoms with Crippen LogP contribution in [0.15, 0.2) is 66.9 Å². The van der Waals surface area contributed by atoms with Crippen molar-refractivity contribution in [1.82, 2.24) is 14.4 Å². The molecular weight excluding hydrogens is 479 g/mol. The van der Waals surface area contributed by atoms with E-state index in [1.165, 1.54) is 11.0 Å². The van der Waals surface area contributed by atoms with Crippen molar-refractivity contribution in [3.8, 4) is 0 Å². The smallest absolute Gasteiger partial charge is 0.345 e. The van der Waals surface area contributed by atoms with Crippen molar-refractivity contribution in [3.63, 3.8) is 0 Å². The van der Waals surface area contributed by atoms with Gasteiger partial charge in [-0.3, -0.25) is 9.59 Å². The van der Waals surface area contributed by atoms with Crippen LogP contribution in [0.2, 0.25) is 0 Å². The SMILES string of the molecule is CCCCN(Cc1cccn1Cc1cccc(C(F)(F)F)c1)C(=O)CN(CC)C(=O)c1ccc(C)cc1. The summed E-state index contributed by atoms with van der Waals surface area (Å²) in [7, 11) is 0. The van der Waals surface area contributed by atoms with Crippen LogP contribution in [0, 0.1) is 6.92 Å². The number of alkyl halides is 3. The molecule has 0 aliphatic carbocycles. The first kappa shape index (κ1) is 28.0. The molecule has 5 nitrogen and oxygen atoms in total. The van der Waals surface area contributed by atoms with Gasteiger partial charge >= 0.3 is 6.18 Å². The number of carbonyl (C=O) groups excluding carboxylic acids is 2. The van der Waals surface area contributed by atoms with Crippen LogP contribution in [-0.4, -0.2) is 45.8 Å². The van der Waals surface area contributed by atoms with Gasteiger partial charge in [0.1, 0.15) is 6.54 Å². The van der Waals surface area contributed by atoms with Gasteiger partial charge in [-0.05, 0) is 62.2 Å². The maximum Gasteiger partial charge on any atom is 0.416 e. The molecule has 0 aliphatic rings. The quantitative estimate of drug-likeness (QED) is 0.309. The van der Waals surface area contributed by atoms with Gasteiger partial charge in [0, 0.05) is 37.1 Å². The van der Waals surface area contributed by atoms with E-state index in [2.05, 4.69) is 0 Å². The third-order valence-electron chi connectivity index (χ3n) is 6.31. The van der Waals surface area contributed by atoms with E-state index >= 15 is 0 Å². The van der Waals surface area contributed by atoms with E-state index in [0.717, 1.165) is 36.2 Å². The van der Waals surface area contributed by atoms with Crippen LogP contribution < -0.4 is 0 Å². The molecule has 1 aromatic heterocycles. The summed E-state index contributed by atoms with van der Waals surface area (Å²) in [6.07, 6.45) is -0.898. The van der Waals surface area contributed by atoms with Crippen LogP contribution in [-0.2, 0) is 24.1 Å². The summed E-state index contributed by atoms with van der Waals surface area (Å²) in [5.41, 5.74) is 2.25. The molecule has 0 radical (unpaired) electrons. The lowest BCUT2D eigenvalue weighted by Crippen LogP contribution is -2.43. The Bertz CT molecular complexity index is 1190. The van der Waals surface area contributed by atoms with E-state index in [9.17, 15) is 22.8 Å². The number of hydrogen-bond donors (Lipinski definition) is 0. The second kappa shape index (κ2) is 12.6. The summed E-state index contributed by atoms with van der Waals surface area (Å²) in [6.45, 7) is 7.28. The van der Waals surface area contributed by atoms with Crippen molar-refractivity contribution in [2.45, 2.75) is 52.9 Å². The minimum atomic E-state index is -4.40. The highest BCUT2D eigenvalue weighted by atomic mass is 19.4. The van der Waals surface area contributed by atoms with Gasteiger partial charge in [0.15, 0.2) is 0 Å². The van der Waals surface area contributed by atoms with Crippen molar-refractivity contribution in [2.24, 2.45) is 0 Å². The molecule has 0 N–H and O–H groups in total. The molecule has 3 aromatic rings. The van der Waals surface area contributed by atoms with Crippen molar-refractivity contribution < 1.29 is 22.8 Å². The van der Waals surface area contributed by atoms with Gasteiger partial charge in [-0.1, -0.05) is 43.2 Å². The van der Waals surface area contributed by atoms with Gasteiger partial charge in [-0.25, -0.2) is 0 Å². The highest BCUT2D eigenvalue weighted by molar-refractivity contribution is 5.96. The molecule has 0 spiro atoms. The van der Waals surface area contributed by atoms with Gasteiger partial charge in [0.2, 0.25) is 5.91 Å². The third-order valence-corrected chi connectivity index (χ3v) is 6.31. The molecule has 37 heavy (non-hydrogen) atoms. The summed E-state index contributed by atoms with van der Waals surface area (Å²) in [6, 6.07) is 16.2. The van der Waals surface area contributed by atoms with Gasteiger partial charge in [-0.15, -0.1) is 0 Å². The predicted octanol–water partition coefficient (Wildman–Crippen LogP) is 6.15. The minimum Gasteiger partial charge on any atom is -0.345 e. The summed E-state index contributed by atoms with van der Waals surface area (Å²) < 4.78 is 41.3. The predicted molar refractivity (Wildman–Crippen MR) is 138 cm³/mol. The first-order chi connectivity index (χ1) is 17.6. The molecule has 0 fully saturated rings. The van der Waals surface area contributed by atoms with Crippen LogP contribution in [0.5, 0.6) is 0 Å². The molecule has 0 atom stereocenters. The maximum absolute atomic E-state index is 13.4. The molecule has 198 valence electrons. The minimum absolute atomic E-state index is 0.0404. The monoisotopic (exact) mass is 513 g/mol. The second-order valence-corrected chi connectivity index (χ2v) is 9.18. The Kier molecular flexibility index (Phi) is 9.55. The summed E-state index contributed by atoms with van der Waals surface area (Å²) in [4.78, 5) is 29.6. The van der Waals surface area contributed by atoms with E-state index in [0.29, 0.717) is 30.8 Å². The van der Waals surface area contributed by atoms with Crippen molar-refractivity contribution in [2.75, 3.05) is 19.6 Å². The molecule has 0 saturated heterocycles. The van der Waals surface area contributed by atoms with Crippen molar-refractivity contribution in [1.29, 1.82) is 0 Å². The van der Waals surface area contributed by atoms with Crippen LogP contribution in [0.25, 0.3) is 0 Å². The Morgan fingerprint density at radius 1 is 0.946 bits per heavy atom. The summed E-state index contributed by atoms with van der Waals surface area (Å²) >= 11 is 0. The number of halogens is 3. The van der Waals surface area contributed by atoms with Gasteiger partial charge in [0.05, 0.1) is 12.1 Å². The van der Waals surface area contributed by atoms with Gasteiger partial charge in [-0.2, -0.15) is 13.2 Å². The molecule has 3 rings (SSSR count). The van der Waals surface area contributed by atoms with Gasteiger partial charge in [0.25, 0.3) is 5.91 Å². The fraction of sp³-hybridized carbons (Fsp3) is 0.379.